The van der Waals surface area contributed by atoms with Gasteiger partial charge in [0.2, 0.25) is 0 Å². The third-order valence-corrected chi connectivity index (χ3v) is 3.99. The van der Waals surface area contributed by atoms with Gasteiger partial charge in [-0.3, -0.25) is 0 Å². The second-order valence-corrected chi connectivity index (χ2v) is 5.54. The van der Waals surface area contributed by atoms with Crippen LogP contribution in [0.2, 0.25) is 5.02 Å². The van der Waals surface area contributed by atoms with Crippen molar-refractivity contribution in [2.45, 2.75) is 6.10 Å². The molecule has 0 heterocycles. The lowest BCUT2D eigenvalue weighted by Crippen LogP contribution is -2.06. The molecular formula is C15H13BrClFO3. The Labute approximate surface area is 135 Å². The minimum Gasteiger partial charge on any atom is -0.496 e. The first-order chi connectivity index (χ1) is 9.99. The molecule has 112 valence electrons. The van der Waals surface area contributed by atoms with Crippen molar-refractivity contribution >= 4 is 27.5 Å². The number of hydrogen-bond acceptors (Lipinski definition) is 3. The van der Waals surface area contributed by atoms with Crippen LogP contribution in [0.3, 0.4) is 0 Å². The molecule has 2 aromatic rings. The number of aliphatic hydroxyl groups excluding tert-OH is 1. The number of methoxy groups -OCH3 is 2. The molecule has 6 heteroatoms. The van der Waals surface area contributed by atoms with Crippen LogP contribution in [0.25, 0.3) is 0 Å². The Kier molecular flexibility index (Phi) is 5.08. The molecule has 0 fully saturated rings. The summed E-state index contributed by atoms with van der Waals surface area (Å²) in [6.07, 6.45) is -1.22. The smallest absolute Gasteiger partial charge is 0.147 e. The topological polar surface area (TPSA) is 38.7 Å². The Hall–Kier alpha value is -1.30. The number of rotatable bonds is 4. The van der Waals surface area contributed by atoms with Crippen molar-refractivity contribution in [3.8, 4) is 11.5 Å². The average Bonchev–Trinajstić information content (AvgIpc) is 2.49. The summed E-state index contributed by atoms with van der Waals surface area (Å²) in [5, 5.41) is 10.4. The predicted molar refractivity (Wildman–Crippen MR) is 82.7 cm³/mol. The van der Waals surface area contributed by atoms with Gasteiger partial charge in [0, 0.05) is 11.1 Å². The first-order valence-electron chi connectivity index (χ1n) is 6.03. The highest BCUT2D eigenvalue weighted by atomic mass is 79.9. The quantitative estimate of drug-likeness (QED) is 0.864. The summed E-state index contributed by atoms with van der Waals surface area (Å²) in [6.45, 7) is 0. The predicted octanol–water partition coefficient (Wildman–Crippen LogP) is 4.34. The highest BCUT2D eigenvalue weighted by Crippen LogP contribution is 2.39. The third-order valence-electron chi connectivity index (χ3n) is 3.07. The van der Waals surface area contributed by atoms with E-state index in [0.29, 0.717) is 21.5 Å². The van der Waals surface area contributed by atoms with Crippen LogP contribution in [0.15, 0.2) is 34.8 Å². The standard InChI is InChI=1S/C15H13BrClFO3/c1-20-12-7-10(16)13(21-2)6-9(12)15(19)8-4-3-5-11(17)14(8)18/h3-7,15,19H,1-2H3. The molecule has 0 aliphatic heterocycles. The number of aliphatic hydroxyl groups is 1. The van der Waals surface area contributed by atoms with Gasteiger partial charge in [-0.1, -0.05) is 23.7 Å². The SMILES string of the molecule is COc1cc(C(O)c2cccc(Cl)c2F)c(OC)cc1Br. The van der Waals surface area contributed by atoms with Gasteiger partial charge >= 0.3 is 0 Å². The van der Waals surface area contributed by atoms with Gasteiger partial charge in [-0.2, -0.15) is 0 Å². The molecule has 0 aromatic heterocycles. The number of ether oxygens (including phenoxy) is 2. The van der Waals surface area contributed by atoms with E-state index in [1.54, 1.807) is 18.2 Å². The summed E-state index contributed by atoms with van der Waals surface area (Å²) >= 11 is 9.09. The molecule has 2 rings (SSSR count). The lowest BCUT2D eigenvalue weighted by atomic mass is 10.00. The lowest BCUT2D eigenvalue weighted by molar-refractivity contribution is 0.209. The first-order valence-corrected chi connectivity index (χ1v) is 7.20. The van der Waals surface area contributed by atoms with Crippen LogP contribution in [-0.2, 0) is 0 Å². The number of benzene rings is 2. The van der Waals surface area contributed by atoms with Gasteiger partial charge in [0.05, 0.1) is 23.7 Å². The highest BCUT2D eigenvalue weighted by Gasteiger charge is 2.22. The van der Waals surface area contributed by atoms with Crippen LogP contribution in [-0.4, -0.2) is 19.3 Å². The molecule has 1 N–H and O–H groups in total. The maximum atomic E-state index is 14.1. The van der Waals surface area contributed by atoms with Gasteiger partial charge in [-0.25, -0.2) is 4.39 Å². The van der Waals surface area contributed by atoms with Crippen LogP contribution >= 0.6 is 27.5 Å². The molecular weight excluding hydrogens is 363 g/mol. The fourth-order valence-corrected chi connectivity index (χ4v) is 2.66. The molecule has 1 unspecified atom stereocenters. The van der Waals surface area contributed by atoms with Crippen molar-refractivity contribution in [2.24, 2.45) is 0 Å². The van der Waals surface area contributed by atoms with E-state index in [0.717, 1.165) is 0 Å². The van der Waals surface area contributed by atoms with Crippen molar-refractivity contribution in [1.82, 2.24) is 0 Å². The van der Waals surface area contributed by atoms with E-state index in [1.807, 2.05) is 0 Å². The van der Waals surface area contributed by atoms with E-state index in [1.165, 1.54) is 26.4 Å². The number of halogens is 3. The zero-order valence-corrected chi connectivity index (χ0v) is 13.7. The van der Waals surface area contributed by atoms with Gasteiger partial charge in [0.15, 0.2) is 0 Å². The van der Waals surface area contributed by atoms with Gasteiger partial charge in [0.25, 0.3) is 0 Å². The molecule has 0 bridgehead atoms. The second kappa shape index (κ2) is 6.64. The van der Waals surface area contributed by atoms with E-state index in [-0.39, 0.29) is 10.6 Å². The second-order valence-electron chi connectivity index (χ2n) is 4.27. The fourth-order valence-electron chi connectivity index (χ4n) is 2.00. The summed E-state index contributed by atoms with van der Waals surface area (Å²) in [4.78, 5) is 0. The van der Waals surface area contributed by atoms with E-state index in [4.69, 9.17) is 21.1 Å². The molecule has 0 spiro atoms. The van der Waals surface area contributed by atoms with E-state index < -0.39 is 11.9 Å². The largest absolute Gasteiger partial charge is 0.496 e. The minimum absolute atomic E-state index is 0.0467. The van der Waals surface area contributed by atoms with Gasteiger partial charge in [-0.15, -0.1) is 0 Å². The Morgan fingerprint density at radius 2 is 1.81 bits per heavy atom. The van der Waals surface area contributed by atoms with Gasteiger partial charge in [-0.05, 0) is 34.1 Å². The average molecular weight is 376 g/mol. The van der Waals surface area contributed by atoms with Crippen molar-refractivity contribution in [3.63, 3.8) is 0 Å². The Morgan fingerprint density at radius 3 is 2.43 bits per heavy atom. The summed E-state index contributed by atoms with van der Waals surface area (Å²) < 4.78 is 25.2. The molecule has 1 atom stereocenters. The first kappa shape index (κ1) is 16.1. The Balaban J connectivity index is 2.56. The van der Waals surface area contributed by atoms with E-state index in [9.17, 15) is 9.50 Å². The van der Waals surface area contributed by atoms with Crippen LogP contribution < -0.4 is 9.47 Å². The monoisotopic (exact) mass is 374 g/mol. The summed E-state index contributed by atoms with van der Waals surface area (Å²) in [6, 6.07) is 7.71. The minimum atomic E-state index is -1.22. The van der Waals surface area contributed by atoms with Crippen LogP contribution in [0.4, 0.5) is 4.39 Å². The Morgan fingerprint density at radius 1 is 1.14 bits per heavy atom. The molecule has 3 nitrogen and oxygen atoms in total. The molecule has 2 aromatic carbocycles. The zero-order chi connectivity index (χ0) is 15.6. The van der Waals surface area contributed by atoms with Crippen molar-refractivity contribution in [1.29, 1.82) is 0 Å². The van der Waals surface area contributed by atoms with Gasteiger partial charge < -0.3 is 14.6 Å². The maximum absolute atomic E-state index is 14.1. The zero-order valence-electron chi connectivity index (χ0n) is 11.4. The summed E-state index contributed by atoms with van der Waals surface area (Å²) in [5.74, 6) is 0.262. The van der Waals surface area contributed by atoms with Crippen molar-refractivity contribution < 1.29 is 19.0 Å². The van der Waals surface area contributed by atoms with Crippen molar-refractivity contribution in [3.05, 3.63) is 56.8 Å². The van der Waals surface area contributed by atoms with E-state index >= 15 is 0 Å². The highest BCUT2D eigenvalue weighted by molar-refractivity contribution is 9.10. The van der Waals surface area contributed by atoms with Crippen LogP contribution in [0.5, 0.6) is 11.5 Å². The number of hydrogen-bond donors (Lipinski definition) is 1. The molecule has 0 aliphatic rings. The molecule has 0 saturated heterocycles. The molecule has 21 heavy (non-hydrogen) atoms. The third kappa shape index (κ3) is 3.15. The van der Waals surface area contributed by atoms with Crippen LogP contribution in [0.1, 0.15) is 17.2 Å². The van der Waals surface area contributed by atoms with Crippen LogP contribution in [0, 0.1) is 5.82 Å². The summed E-state index contributed by atoms with van der Waals surface area (Å²) in [7, 11) is 2.97. The normalized spacial score (nSPS) is 12.1. The molecule has 0 radical (unpaired) electrons. The van der Waals surface area contributed by atoms with Crippen molar-refractivity contribution in [2.75, 3.05) is 14.2 Å². The fraction of sp³-hybridized carbons (Fsp3) is 0.200. The Bertz CT molecular complexity index is 664. The van der Waals surface area contributed by atoms with Gasteiger partial charge in [0.1, 0.15) is 23.4 Å². The molecule has 0 amide bonds. The molecule has 0 aliphatic carbocycles. The maximum Gasteiger partial charge on any atom is 0.147 e. The molecule has 0 saturated carbocycles. The lowest BCUT2D eigenvalue weighted by Gasteiger charge is -2.18. The summed E-state index contributed by atoms with van der Waals surface area (Å²) in [5.41, 5.74) is 0.462. The van der Waals surface area contributed by atoms with E-state index in [2.05, 4.69) is 15.9 Å².